The van der Waals surface area contributed by atoms with Crippen LogP contribution in [0, 0.1) is 0 Å². The molecule has 0 aromatic heterocycles. The normalized spacial score (nSPS) is 11.7. The molecule has 0 saturated carbocycles. The Kier molecular flexibility index (Phi) is 13.1. The predicted molar refractivity (Wildman–Crippen MR) is 96.4 cm³/mol. The second kappa shape index (κ2) is 13.9. The Balaban J connectivity index is 0.00000576. The molecule has 1 atom stereocenters. The third-order valence-corrected chi connectivity index (χ3v) is 3.27. The number of carbonyl (C=O) groups is 1. The van der Waals surface area contributed by atoms with Gasteiger partial charge in [0.1, 0.15) is 18.5 Å². The van der Waals surface area contributed by atoms with Crippen molar-refractivity contribution < 1.29 is 29.6 Å². The number of aliphatic hydroxyl groups excluding tert-OH is 3. The van der Waals surface area contributed by atoms with Crippen molar-refractivity contribution in [3.63, 3.8) is 0 Å². The number of ether oxygens (including phenoxy) is 2. The van der Waals surface area contributed by atoms with E-state index in [-0.39, 0.29) is 38.2 Å². The van der Waals surface area contributed by atoms with Crippen LogP contribution in [0.15, 0.2) is 24.3 Å². The molecule has 0 fully saturated rings. The van der Waals surface area contributed by atoms with E-state index in [9.17, 15) is 9.90 Å². The lowest BCUT2D eigenvalue weighted by atomic mass is 10.2. The van der Waals surface area contributed by atoms with E-state index in [2.05, 4.69) is 0 Å². The fraction of sp³-hybridized carbons (Fsp3) is 0.588. The molecule has 0 radical (unpaired) electrons. The molecule has 1 rings (SSSR count). The molecule has 1 unspecified atom stereocenters. The predicted octanol–water partition coefficient (Wildman–Crippen LogP) is 0.701. The van der Waals surface area contributed by atoms with Crippen molar-refractivity contribution in [1.29, 1.82) is 0 Å². The van der Waals surface area contributed by atoms with Gasteiger partial charge in [-0.1, -0.05) is 6.92 Å². The van der Waals surface area contributed by atoms with Gasteiger partial charge in [-0.2, -0.15) is 0 Å². The van der Waals surface area contributed by atoms with Gasteiger partial charge in [-0.15, -0.1) is 12.4 Å². The first kappa shape index (κ1) is 23.6. The summed E-state index contributed by atoms with van der Waals surface area (Å²) in [4.78, 5) is 13.4. The Morgan fingerprint density at radius 1 is 1.16 bits per heavy atom. The Bertz CT molecular complexity index is 465. The third-order valence-electron chi connectivity index (χ3n) is 3.27. The Hall–Kier alpha value is -1.38. The highest BCUT2D eigenvalue weighted by Crippen LogP contribution is 2.13. The summed E-state index contributed by atoms with van der Waals surface area (Å²) in [7, 11) is 0. The minimum absolute atomic E-state index is 0. The molecule has 0 saturated heterocycles. The van der Waals surface area contributed by atoms with E-state index in [0.717, 1.165) is 6.42 Å². The van der Waals surface area contributed by atoms with Crippen LogP contribution in [0.25, 0.3) is 0 Å². The molecule has 8 heteroatoms. The highest BCUT2D eigenvalue weighted by atomic mass is 35.5. The Morgan fingerprint density at radius 3 is 2.28 bits per heavy atom. The van der Waals surface area contributed by atoms with Gasteiger partial charge in [-0.05, 0) is 30.7 Å². The molecule has 0 heterocycles. The van der Waals surface area contributed by atoms with E-state index in [1.807, 2.05) is 6.92 Å². The molecule has 3 N–H and O–H groups in total. The monoisotopic (exact) mass is 377 g/mol. The molecule has 1 aromatic carbocycles. The van der Waals surface area contributed by atoms with Crippen LogP contribution in [0.1, 0.15) is 23.7 Å². The SMILES string of the molecule is CCCOC(=O)c1ccc(OCC(O)CN(CCO)CCO)cc1.Cl. The lowest BCUT2D eigenvalue weighted by Crippen LogP contribution is -2.38. The molecule has 0 aliphatic rings. The Labute approximate surface area is 154 Å². The van der Waals surface area contributed by atoms with Crippen LogP contribution in [0.5, 0.6) is 5.75 Å². The summed E-state index contributed by atoms with van der Waals surface area (Å²) in [6, 6.07) is 6.52. The van der Waals surface area contributed by atoms with Crippen LogP contribution in [0.4, 0.5) is 0 Å². The number of carbonyl (C=O) groups excluding carboxylic acids is 1. The van der Waals surface area contributed by atoms with Gasteiger partial charge in [0, 0.05) is 19.6 Å². The molecule has 25 heavy (non-hydrogen) atoms. The topological polar surface area (TPSA) is 99.5 Å². The standard InChI is InChI=1S/C17H27NO6.ClH/c1-2-11-23-17(22)14-3-5-16(6-4-14)24-13-15(21)12-18(7-9-19)8-10-20;/h3-6,15,19-21H,2,7-13H2,1H3;1H. The molecule has 0 amide bonds. The van der Waals surface area contributed by atoms with E-state index in [1.165, 1.54) is 0 Å². The summed E-state index contributed by atoms with van der Waals surface area (Å²) in [5.74, 6) is 0.170. The first-order chi connectivity index (χ1) is 11.6. The molecular weight excluding hydrogens is 350 g/mol. The van der Waals surface area contributed by atoms with Gasteiger partial charge in [0.05, 0.1) is 25.4 Å². The van der Waals surface area contributed by atoms with E-state index < -0.39 is 6.10 Å². The van der Waals surface area contributed by atoms with Crippen LogP contribution >= 0.6 is 12.4 Å². The summed E-state index contributed by atoms with van der Waals surface area (Å²) in [5, 5.41) is 27.8. The maximum atomic E-state index is 11.7. The van der Waals surface area contributed by atoms with Crippen LogP contribution in [0.3, 0.4) is 0 Å². The molecular formula is C17H28ClNO6. The number of halogens is 1. The average molecular weight is 378 g/mol. The van der Waals surface area contributed by atoms with Crippen LogP contribution in [0.2, 0.25) is 0 Å². The maximum absolute atomic E-state index is 11.7. The van der Waals surface area contributed by atoms with Crippen LogP contribution in [-0.4, -0.2) is 78.4 Å². The summed E-state index contributed by atoms with van der Waals surface area (Å²) in [6.45, 7) is 3.37. The van der Waals surface area contributed by atoms with Crippen molar-refractivity contribution in [3.05, 3.63) is 29.8 Å². The molecule has 0 bridgehead atoms. The fourth-order valence-electron chi connectivity index (χ4n) is 2.09. The smallest absolute Gasteiger partial charge is 0.338 e. The van der Waals surface area contributed by atoms with E-state index >= 15 is 0 Å². The molecule has 7 nitrogen and oxygen atoms in total. The summed E-state index contributed by atoms with van der Waals surface area (Å²) in [5.41, 5.74) is 0.452. The molecule has 1 aromatic rings. The second-order valence-electron chi connectivity index (χ2n) is 5.37. The molecule has 0 aliphatic heterocycles. The average Bonchev–Trinajstić information content (AvgIpc) is 2.58. The van der Waals surface area contributed by atoms with Crippen molar-refractivity contribution in [2.75, 3.05) is 46.1 Å². The fourth-order valence-corrected chi connectivity index (χ4v) is 2.09. The van der Waals surface area contributed by atoms with Crippen molar-refractivity contribution in [2.24, 2.45) is 0 Å². The van der Waals surface area contributed by atoms with Gasteiger partial charge < -0.3 is 24.8 Å². The number of rotatable bonds is 12. The van der Waals surface area contributed by atoms with Crippen LogP contribution < -0.4 is 4.74 Å². The number of aliphatic hydroxyl groups is 3. The number of hydrogen-bond acceptors (Lipinski definition) is 7. The number of benzene rings is 1. The quantitative estimate of drug-likeness (QED) is 0.461. The van der Waals surface area contributed by atoms with Crippen molar-refractivity contribution in [1.82, 2.24) is 4.90 Å². The minimum atomic E-state index is -0.753. The van der Waals surface area contributed by atoms with Crippen LogP contribution in [-0.2, 0) is 4.74 Å². The number of nitrogens with zero attached hydrogens (tertiary/aromatic N) is 1. The van der Waals surface area contributed by atoms with Gasteiger partial charge >= 0.3 is 5.97 Å². The van der Waals surface area contributed by atoms with Gasteiger partial charge in [0.25, 0.3) is 0 Å². The Morgan fingerprint density at radius 2 is 1.76 bits per heavy atom. The number of hydrogen-bond donors (Lipinski definition) is 3. The van der Waals surface area contributed by atoms with E-state index in [4.69, 9.17) is 19.7 Å². The number of esters is 1. The van der Waals surface area contributed by atoms with Gasteiger partial charge in [0.15, 0.2) is 0 Å². The van der Waals surface area contributed by atoms with E-state index in [1.54, 1.807) is 29.2 Å². The first-order valence-electron chi connectivity index (χ1n) is 8.12. The van der Waals surface area contributed by atoms with Crippen molar-refractivity contribution >= 4 is 18.4 Å². The van der Waals surface area contributed by atoms with Crippen molar-refractivity contribution in [3.8, 4) is 5.75 Å². The zero-order valence-corrected chi connectivity index (χ0v) is 15.3. The summed E-state index contributed by atoms with van der Waals surface area (Å²) < 4.78 is 10.5. The van der Waals surface area contributed by atoms with E-state index in [0.29, 0.717) is 37.6 Å². The zero-order valence-electron chi connectivity index (χ0n) is 14.5. The third kappa shape index (κ3) is 9.62. The summed E-state index contributed by atoms with van der Waals surface area (Å²) >= 11 is 0. The van der Waals surface area contributed by atoms with Crippen molar-refractivity contribution in [2.45, 2.75) is 19.4 Å². The minimum Gasteiger partial charge on any atom is -0.491 e. The van der Waals surface area contributed by atoms with Gasteiger partial charge in [-0.25, -0.2) is 4.79 Å². The highest BCUT2D eigenvalue weighted by Gasteiger charge is 2.12. The summed E-state index contributed by atoms with van der Waals surface area (Å²) in [6.07, 6.45) is 0.0197. The van der Waals surface area contributed by atoms with Gasteiger partial charge in [0.2, 0.25) is 0 Å². The molecule has 144 valence electrons. The lowest BCUT2D eigenvalue weighted by Gasteiger charge is -2.23. The highest BCUT2D eigenvalue weighted by molar-refractivity contribution is 5.89. The maximum Gasteiger partial charge on any atom is 0.338 e. The van der Waals surface area contributed by atoms with Gasteiger partial charge in [-0.3, -0.25) is 4.90 Å². The molecule has 0 spiro atoms. The lowest BCUT2D eigenvalue weighted by molar-refractivity contribution is 0.0502. The largest absolute Gasteiger partial charge is 0.491 e. The first-order valence-corrected chi connectivity index (χ1v) is 8.12. The second-order valence-corrected chi connectivity index (χ2v) is 5.37. The zero-order chi connectivity index (χ0) is 17.8. The molecule has 0 aliphatic carbocycles.